The number of benzene rings is 2. The Labute approximate surface area is 174 Å². The number of aromatic nitrogens is 3. The maximum atomic E-state index is 12.6. The lowest BCUT2D eigenvalue weighted by Gasteiger charge is -2.37. The highest BCUT2D eigenvalue weighted by Crippen LogP contribution is 2.28. The monoisotopic (exact) mass is 396 g/mol. The molecule has 4 aromatic rings. The molecule has 5 rings (SSSR count). The summed E-state index contributed by atoms with van der Waals surface area (Å²) >= 11 is 0. The molecule has 1 aliphatic heterocycles. The molecule has 6 heteroatoms. The summed E-state index contributed by atoms with van der Waals surface area (Å²) in [5.41, 5.74) is 4.20. The van der Waals surface area contributed by atoms with Crippen molar-refractivity contribution in [1.29, 1.82) is 0 Å². The van der Waals surface area contributed by atoms with Crippen molar-refractivity contribution in [2.45, 2.75) is 12.3 Å². The molecule has 30 heavy (non-hydrogen) atoms. The van der Waals surface area contributed by atoms with Crippen LogP contribution in [-0.4, -0.2) is 39.0 Å². The predicted octanol–water partition coefficient (Wildman–Crippen LogP) is 3.97. The molecule has 2 aromatic carbocycles. The lowest BCUT2D eigenvalue weighted by Crippen LogP contribution is -2.49. The van der Waals surface area contributed by atoms with Crippen molar-refractivity contribution in [2.24, 2.45) is 0 Å². The van der Waals surface area contributed by atoms with Crippen LogP contribution < -0.4 is 0 Å². The molecule has 0 N–H and O–H groups in total. The number of hydrogen-bond donors (Lipinski definition) is 0. The molecular weight excluding hydrogens is 376 g/mol. The molecule has 1 aliphatic rings. The Bertz CT molecular complexity index is 1130. The summed E-state index contributed by atoms with van der Waals surface area (Å²) in [5, 5.41) is 4.04. The minimum Gasteiger partial charge on any atom is -0.341 e. The van der Waals surface area contributed by atoms with Crippen molar-refractivity contribution in [1.82, 2.24) is 20.0 Å². The van der Waals surface area contributed by atoms with Crippen LogP contribution in [0.25, 0.3) is 22.5 Å². The first-order valence-corrected chi connectivity index (χ1v) is 9.92. The van der Waals surface area contributed by atoms with E-state index in [9.17, 15) is 4.79 Å². The van der Waals surface area contributed by atoms with E-state index in [4.69, 9.17) is 4.52 Å². The van der Waals surface area contributed by atoms with E-state index < -0.39 is 0 Å². The van der Waals surface area contributed by atoms with Crippen molar-refractivity contribution in [3.63, 3.8) is 0 Å². The summed E-state index contributed by atoms with van der Waals surface area (Å²) in [5.74, 6) is 1.35. The SMILES string of the molecule is O=C(Cc1ccc(-c2ccccc2)cc1)N1CC(c2nc(-c3ccncc3)no2)C1. The second-order valence-corrected chi connectivity index (χ2v) is 7.43. The number of nitrogens with zero attached hydrogens (tertiary/aromatic N) is 4. The fourth-order valence-corrected chi connectivity index (χ4v) is 3.59. The number of carbonyl (C=O) groups is 1. The Morgan fingerprint density at radius 3 is 2.33 bits per heavy atom. The van der Waals surface area contributed by atoms with Crippen molar-refractivity contribution in [3.05, 3.63) is 90.6 Å². The largest absolute Gasteiger partial charge is 0.341 e. The van der Waals surface area contributed by atoms with Gasteiger partial charge >= 0.3 is 0 Å². The van der Waals surface area contributed by atoms with Crippen LogP contribution in [0.15, 0.2) is 83.6 Å². The standard InChI is InChI=1S/C24H20N4O2/c29-22(14-17-6-8-19(9-7-17)18-4-2-1-3-5-18)28-15-21(16-28)24-26-23(27-30-24)20-10-12-25-13-11-20/h1-13,21H,14-16H2. The highest BCUT2D eigenvalue weighted by Gasteiger charge is 2.35. The zero-order valence-electron chi connectivity index (χ0n) is 16.3. The predicted molar refractivity (Wildman–Crippen MR) is 112 cm³/mol. The zero-order valence-corrected chi connectivity index (χ0v) is 16.3. The maximum Gasteiger partial charge on any atom is 0.233 e. The first-order chi connectivity index (χ1) is 14.8. The van der Waals surface area contributed by atoms with Gasteiger partial charge in [0.05, 0.1) is 12.3 Å². The third-order valence-electron chi connectivity index (χ3n) is 5.38. The lowest BCUT2D eigenvalue weighted by molar-refractivity contribution is -0.135. The number of rotatable bonds is 5. The molecular formula is C24H20N4O2. The summed E-state index contributed by atoms with van der Waals surface area (Å²) < 4.78 is 5.41. The van der Waals surface area contributed by atoms with E-state index in [0.717, 1.165) is 16.7 Å². The molecule has 3 heterocycles. The highest BCUT2D eigenvalue weighted by atomic mass is 16.5. The highest BCUT2D eigenvalue weighted by molar-refractivity contribution is 5.80. The van der Waals surface area contributed by atoms with Gasteiger partial charge in [0.1, 0.15) is 0 Å². The Hall–Kier alpha value is -3.80. The third-order valence-corrected chi connectivity index (χ3v) is 5.38. The maximum absolute atomic E-state index is 12.6. The smallest absolute Gasteiger partial charge is 0.233 e. The van der Waals surface area contributed by atoms with E-state index in [1.807, 2.05) is 47.4 Å². The molecule has 148 valence electrons. The summed E-state index contributed by atoms with van der Waals surface area (Å²) in [6, 6.07) is 22.1. The first kappa shape index (κ1) is 18.2. The molecule has 1 fully saturated rings. The fourth-order valence-electron chi connectivity index (χ4n) is 3.59. The average molecular weight is 396 g/mol. The minimum atomic E-state index is 0.0949. The van der Waals surface area contributed by atoms with Gasteiger partial charge in [0.25, 0.3) is 0 Å². The Morgan fingerprint density at radius 2 is 1.60 bits per heavy atom. The van der Waals surface area contributed by atoms with E-state index in [0.29, 0.717) is 31.2 Å². The van der Waals surface area contributed by atoms with Crippen LogP contribution in [0.5, 0.6) is 0 Å². The third kappa shape index (κ3) is 3.72. The summed E-state index contributed by atoms with van der Waals surface area (Å²) in [7, 11) is 0. The van der Waals surface area contributed by atoms with Gasteiger partial charge in [0.15, 0.2) is 0 Å². The summed E-state index contributed by atoms with van der Waals surface area (Å²) in [4.78, 5) is 22.9. The normalized spacial score (nSPS) is 13.8. The number of carbonyl (C=O) groups excluding carboxylic acids is 1. The Kier molecular flexibility index (Phi) is 4.81. The van der Waals surface area contributed by atoms with Crippen molar-refractivity contribution >= 4 is 5.91 Å². The Balaban J connectivity index is 1.17. The zero-order chi connectivity index (χ0) is 20.3. The van der Waals surface area contributed by atoms with Crippen molar-refractivity contribution in [3.8, 4) is 22.5 Å². The van der Waals surface area contributed by atoms with Crippen molar-refractivity contribution in [2.75, 3.05) is 13.1 Å². The fraction of sp³-hybridized carbons (Fsp3) is 0.167. The van der Waals surface area contributed by atoms with Gasteiger partial charge < -0.3 is 9.42 Å². The molecule has 0 unspecified atom stereocenters. The average Bonchev–Trinajstić information content (AvgIpc) is 3.24. The molecule has 0 aliphatic carbocycles. The van der Waals surface area contributed by atoms with Crippen LogP contribution in [-0.2, 0) is 11.2 Å². The van der Waals surface area contributed by atoms with Gasteiger partial charge in [-0.15, -0.1) is 0 Å². The number of hydrogen-bond acceptors (Lipinski definition) is 5. The van der Waals surface area contributed by atoms with Crippen LogP contribution in [0.1, 0.15) is 17.4 Å². The van der Waals surface area contributed by atoms with E-state index in [1.165, 1.54) is 5.56 Å². The Morgan fingerprint density at radius 1 is 0.900 bits per heavy atom. The van der Waals surface area contributed by atoms with E-state index in [-0.39, 0.29) is 11.8 Å². The first-order valence-electron chi connectivity index (χ1n) is 9.92. The molecule has 0 spiro atoms. The lowest BCUT2D eigenvalue weighted by atomic mass is 9.98. The van der Waals surface area contributed by atoms with Crippen LogP contribution >= 0.6 is 0 Å². The van der Waals surface area contributed by atoms with Gasteiger partial charge in [-0.2, -0.15) is 4.98 Å². The number of pyridine rings is 1. The van der Waals surface area contributed by atoms with Gasteiger partial charge in [-0.05, 0) is 28.8 Å². The molecule has 0 radical (unpaired) electrons. The van der Waals surface area contributed by atoms with Crippen molar-refractivity contribution < 1.29 is 9.32 Å². The molecule has 1 amide bonds. The quantitative estimate of drug-likeness (QED) is 0.510. The van der Waals surface area contributed by atoms with Crippen LogP contribution in [0.2, 0.25) is 0 Å². The van der Waals surface area contributed by atoms with E-state index in [2.05, 4.69) is 39.4 Å². The number of likely N-dealkylation sites (tertiary alicyclic amines) is 1. The topological polar surface area (TPSA) is 72.1 Å². The molecule has 0 saturated carbocycles. The minimum absolute atomic E-state index is 0.0949. The number of amides is 1. The summed E-state index contributed by atoms with van der Waals surface area (Å²) in [6.07, 6.45) is 3.79. The van der Waals surface area contributed by atoms with Gasteiger partial charge in [0.2, 0.25) is 17.6 Å². The molecule has 2 aromatic heterocycles. The van der Waals surface area contributed by atoms with Gasteiger partial charge in [-0.25, -0.2) is 0 Å². The molecule has 6 nitrogen and oxygen atoms in total. The van der Waals surface area contributed by atoms with Crippen LogP contribution in [0.3, 0.4) is 0 Å². The van der Waals surface area contributed by atoms with Crippen LogP contribution in [0, 0.1) is 0 Å². The van der Waals surface area contributed by atoms with E-state index in [1.54, 1.807) is 12.4 Å². The summed E-state index contributed by atoms with van der Waals surface area (Å²) in [6.45, 7) is 1.22. The second kappa shape index (κ2) is 7.91. The van der Waals surface area contributed by atoms with Gasteiger partial charge in [-0.1, -0.05) is 59.8 Å². The van der Waals surface area contributed by atoms with Gasteiger partial charge in [-0.3, -0.25) is 9.78 Å². The molecule has 1 saturated heterocycles. The van der Waals surface area contributed by atoms with E-state index >= 15 is 0 Å². The van der Waals surface area contributed by atoms with Crippen LogP contribution in [0.4, 0.5) is 0 Å². The van der Waals surface area contributed by atoms with Gasteiger partial charge in [0, 0.05) is 31.0 Å². The molecule has 0 atom stereocenters. The molecule has 0 bridgehead atoms. The second-order valence-electron chi connectivity index (χ2n) is 7.43.